The number of phenols is 1. The average Bonchev–Trinajstić information content (AvgIpc) is 3.04. The maximum atomic E-state index is 12.3. The predicted octanol–water partition coefficient (Wildman–Crippen LogP) is 4.75. The summed E-state index contributed by atoms with van der Waals surface area (Å²) in [5.74, 6) is 0.572. The highest BCUT2D eigenvalue weighted by atomic mass is 79.9. The second-order valence-corrected chi connectivity index (χ2v) is 9.63. The first kappa shape index (κ1) is 21.8. The topological polar surface area (TPSA) is 112 Å². The highest BCUT2D eigenvalue weighted by molar-refractivity contribution is 9.11. The lowest BCUT2D eigenvalue weighted by Crippen LogP contribution is -2.22. The number of aromatic hydroxyl groups is 1. The lowest BCUT2D eigenvalue weighted by Gasteiger charge is -2.09. The van der Waals surface area contributed by atoms with Gasteiger partial charge in [-0.15, -0.1) is 0 Å². The Morgan fingerprint density at radius 1 is 1.17 bits per heavy atom. The highest BCUT2D eigenvalue weighted by Crippen LogP contribution is 2.36. The Kier molecular flexibility index (Phi) is 6.37. The Hall–Kier alpha value is -1.88. The number of aryl methyl sites for hydroxylation is 1. The van der Waals surface area contributed by atoms with Crippen LogP contribution in [0.1, 0.15) is 30.7 Å². The molecule has 0 aliphatic carbocycles. The molecule has 0 saturated heterocycles. The zero-order valence-corrected chi connectivity index (χ0v) is 19.5. The Morgan fingerprint density at radius 3 is 2.38 bits per heavy atom. The van der Waals surface area contributed by atoms with Crippen LogP contribution in [0.4, 0.5) is 0 Å². The van der Waals surface area contributed by atoms with Crippen molar-refractivity contribution in [3.8, 4) is 5.75 Å². The normalized spacial score (nSPS) is 12.6. The van der Waals surface area contributed by atoms with Crippen molar-refractivity contribution >= 4 is 58.6 Å². The minimum Gasteiger partial charge on any atom is -0.506 e. The molecular weight excluding hydrogens is 528 g/mol. The van der Waals surface area contributed by atoms with E-state index in [9.17, 15) is 18.7 Å². The largest absolute Gasteiger partial charge is 0.506 e. The number of benzene rings is 2. The average molecular weight is 546 g/mol. The third-order valence-corrected chi connectivity index (χ3v) is 7.08. The van der Waals surface area contributed by atoms with Gasteiger partial charge in [0, 0.05) is 30.0 Å². The van der Waals surface area contributed by atoms with Crippen LogP contribution in [0.2, 0.25) is 0 Å². The van der Waals surface area contributed by atoms with Gasteiger partial charge in [-0.3, -0.25) is 0 Å². The Bertz CT molecular complexity index is 1200. The lowest BCUT2D eigenvalue weighted by molar-refractivity contribution is 0.319. The second kappa shape index (κ2) is 8.47. The van der Waals surface area contributed by atoms with E-state index in [1.807, 2.05) is 6.92 Å². The third-order valence-electron chi connectivity index (χ3n) is 4.33. The number of oxime groups is 1. The van der Waals surface area contributed by atoms with E-state index in [-0.39, 0.29) is 22.9 Å². The smallest absolute Gasteiger partial charge is 0.240 e. The highest BCUT2D eigenvalue weighted by Gasteiger charge is 2.23. The van der Waals surface area contributed by atoms with E-state index >= 15 is 0 Å². The van der Waals surface area contributed by atoms with Crippen LogP contribution in [0, 0.1) is 0 Å². The van der Waals surface area contributed by atoms with Crippen LogP contribution >= 0.6 is 31.9 Å². The van der Waals surface area contributed by atoms with E-state index in [0.717, 1.165) is 0 Å². The van der Waals surface area contributed by atoms with Crippen LogP contribution in [0.5, 0.6) is 5.75 Å². The first-order valence-electron chi connectivity index (χ1n) is 8.69. The molecule has 0 atom stereocenters. The molecule has 3 aromatic rings. The fraction of sp³-hybridized carbons (Fsp3) is 0.211. The molecule has 29 heavy (non-hydrogen) atoms. The Morgan fingerprint density at radius 2 is 1.83 bits per heavy atom. The van der Waals surface area contributed by atoms with Gasteiger partial charge in [-0.05, 0) is 56.1 Å². The van der Waals surface area contributed by atoms with Gasteiger partial charge in [-0.2, -0.15) is 0 Å². The van der Waals surface area contributed by atoms with Gasteiger partial charge in [-0.25, -0.2) is 13.1 Å². The Labute approximate surface area is 184 Å². The molecule has 0 radical (unpaired) electrons. The summed E-state index contributed by atoms with van der Waals surface area (Å²) in [6.07, 6.45) is 0.499. The number of sulfonamides is 1. The molecule has 1 heterocycles. The van der Waals surface area contributed by atoms with Crippen molar-refractivity contribution in [1.29, 1.82) is 0 Å². The first-order valence-corrected chi connectivity index (χ1v) is 11.8. The van der Waals surface area contributed by atoms with Gasteiger partial charge >= 0.3 is 0 Å². The number of halogens is 2. The predicted molar refractivity (Wildman–Crippen MR) is 117 cm³/mol. The minimum atomic E-state index is -3.64. The molecular formula is C19H18Br2N2O5S. The first-order chi connectivity index (χ1) is 13.7. The molecule has 3 rings (SSSR count). The van der Waals surface area contributed by atoms with Crippen molar-refractivity contribution in [1.82, 2.24) is 4.72 Å². The summed E-state index contributed by atoms with van der Waals surface area (Å²) in [6.45, 7) is 3.86. The molecule has 2 aromatic carbocycles. The minimum absolute atomic E-state index is 0.0251. The number of rotatable bonds is 6. The fourth-order valence-electron chi connectivity index (χ4n) is 3.03. The van der Waals surface area contributed by atoms with Crippen molar-refractivity contribution in [3.05, 3.63) is 56.2 Å². The molecule has 0 bridgehead atoms. The van der Waals surface area contributed by atoms with Gasteiger partial charge in [0.2, 0.25) is 10.0 Å². The number of nitrogens with zero attached hydrogens (tertiary/aromatic N) is 1. The second-order valence-electron chi connectivity index (χ2n) is 6.15. The van der Waals surface area contributed by atoms with Crippen molar-refractivity contribution in [2.24, 2.45) is 5.16 Å². The summed E-state index contributed by atoms with van der Waals surface area (Å²) >= 11 is 6.55. The summed E-state index contributed by atoms with van der Waals surface area (Å²) in [6, 6.07) is 7.81. The van der Waals surface area contributed by atoms with Crippen LogP contribution in [0.15, 0.2) is 53.7 Å². The van der Waals surface area contributed by atoms with Crippen LogP contribution in [-0.2, 0) is 16.4 Å². The number of furan rings is 1. The van der Waals surface area contributed by atoms with Crippen molar-refractivity contribution in [3.63, 3.8) is 0 Å². The maximum Gasteiger partial charge on any atom is 0.240 e. The van der Waals surface area contributed by atoms with Crippen molar-refractivity contribution in [2.45, 2.75) is 25.2 Å². The number of fused-ring (bicyclic) bond motifs is 1. The molecule has 0 spiro atoms. The van der Waals surface area contributed by atoms with E-state index in [4.69, 9.17) is 4.42 Å². The van der Waals surface area contributed by atoms with Gasteiger partial charge in [0.15, 0.2) is 0 Å². The summed E-state index contributed by atoms with van der Waals surface area (Å²) in [7, 11) is -3.64. The SMILES string of the molecule is CCNS(=O)(=O)c1ccc2c(C(=NO)c3cc(Br)c(O)c(Br)c3)c(CC)oc2c1. The maximum absolute atomic E-state index is 12.3. The van der Waals surface area contributed by atoms with Crippen molar-refractivity contribution in [2.75, 3.05) is 6.54 Å². The molecule has 0 saturated carbocycles. The summed E-state index contributed by atoms with van der Waals surface area (Å²) in [4.78, 5) is 0.0902. The van der Waals surface area contributed by atoms with Gasteiger partial charge in [0.25, 0.3) is 0 Å². The van der Waals surface area contributed by atoms with E-state index < -0.39 is 10.0 Å². The number of hydrogen-bond acceptors (Lipinski definition) is 6. The zero-order valence-electron chi connectivity index (χ0n) is 15.5. The molecule has 0 unspecified atom stereocenters. The van der Waals surface area contributed by atoms with Crippen LogP contribution < -0.4 is 4.72 Å². The van der Waals surface area contributed by atoms with E-state index in [0.29, 0.717) is 43.2 Å². The van der Waals surface area contributed by atoms with E-state index in [1.54, 1.807) is 25.1 Å². The number of hydrogen-bond donors (Lipinski definition) is 3. The van der Waals surface area contributed by atoms with Gasteiger partial charge in [-0.1, -0.05) is 19.0 Å². The molecule has 7 nitrogen and oxygen atoms in total. The molecule has 0 aliphatic heterocycles. The van der Waals surface area contributed by atoms with Gasteiger partial charge < -0.3 is 14.7 Å². The summed E-state index contributed by atoms with van der Waals surface area (Å²) in [5.41, 5.74) is 1.70. The molecule has 10 heteroatoms. The molecule has 0 amide bonds. The van der Waals surface area contributed by atoms with Gasteiger partial charge in [0.1, 0.15) is 22.8 Å². The summed E-state index contributed by atoms with van der Waals surface area (Å²) < 4.78 is 33.8. The van der Waals surface area contributed by atoms with Crippen LogP contribution in [0.25, 0.3) is 11.0 Å². The van der Waals surface area contributed by atoms with E-state index in [1.165, 1.54) is 12.1 Å². The quantitative estimate of drug-likeness (QED) is 0.235. The van der Waals surface area contributed by atoms with Crippen LogP contribution in [-0.4, -0.2) is 31.0 Å². The molecule has 154 valence electrons. The molecule has 3 N–H and O–H groups in total. The fourth-order valence-corrected chi connectivity index (χ4v) is 5.27. The summed E-state index contributed by atoms with van der Waals surface area (Å²) in [5, 5.41) is 23.8. The third kappa shape index (κ3) is 4.07. The van der Waals surface area contributed by atoms with Gasteiger partial charge in [0.05, 0.1) is 19.4 Å². The molecule has 1 aromatic heterocycles. The van der Waals surface area contributed by atoms with Crippen molar-refractivity contribution < 1.29 is 23.1 Å². The molecule has 0 aliphatic rings. The standard InChI is InChI=1S/C19H18Br2N2O5S/c1-3-15-17(18(23-25)10-7-13(20)19(24)14(21)8-10)12-6-5-11(9-16(12)28-15)29(26,27)22-4-2/h5-9,22,24-25H,3-4H2,1-2H3. The number of nitrogens with one attached hydrogen (secondary N) is 1. The van der Waals surface area contributed by atoms with E-state index in [2.05, 4.69) is 41.7 Å². The molecule has 0 fully saturated rings. The zero-order chi connectivity index (χ0) is 21.3. The lowest BCUT2D eigenvalue weighted by atomic mass is 9.98. The Balaban J connectivity index is 2.23. The number of phenolic OH excluding ortho intramolecular Hbond substituents is 1. The van der Waals surface area contributed by atoms with Crippen LogP contribution in [0.3, 0.4) is 0 Å². The monoisotopic (exact) mass is 544 g/mol.